The summed E-state index contributed by atoms with van der Waals surface area (Å²) in [6.07, 6.45) is 8.55. The van der Waals surface area contributed by atoms with Crippen molar-refractivity contribution < 1.29 is 5.11 Å². The molecule has 27 heavy (non-hydrogen) atoms. The van der Waals surface area contributed by atoms with Crippen LogP contribution in [0, 0.1) is 11.3 Å². The van der Waals surface area contributed by atoms with Gasteiger partial charge in [-0.1, -0.05) is 6.07 Å². The molecule has 2 saturated heterocycles. The maximum atomic E-state index is 10.4. The summed E-state index contributed by atoms with van der Waals surface area (Å²) in [6.45, 7) is 0. The van der Waals surface area contributed by atoms with Crippen LogP contribution in [0.4, 0.5) is 0 Å². The molecule has 6 heteroatoms. The Kier molecular flexibility index (Phi) is 4.90. The SMILES string of the molecule is N=CC(=CN)c1ccc(-c2ccc(CC3C[C@H]4CC[C@@H](C3)N4)nn2)c(O)c1. The number of benzene rings is 1. The summed E-state index contributed by atoms with van der Waals surface area (Å²) in [5.41, 5.74) is 9.03. The smallest absolute Gasteiger partial charge is 0.125 e. The van der Waals surface area contributed by atoms with Gasteiger partial charge in [-0.05, 0) is 67.9 Å². The van der Waals surface area contributed by atoms with Gasteiger partial charge in [0.25, 0.3) is 0 Å². The van der Waals surface area contributed by atoms with E-state index in [1.165, 1.54) is 31.9 Å². The first kappa shape index (κ1) is 17.7. The summed E-state index contributed by atoms with van der Waals surface area (Å²) >= 11 is 0. The van der Waals surface area contributed by atoms with Gasteiger partial charge in [0, 0.05) is 35.6 Å². The molecule has 4 rings (SSSR count). The zero-order valence-corrected chi connectivity index (χ0v) is 15.2. The van der Waals surface area contributed by atoms with Gasteiger partial charge in [0.1, 0.15) is 5.75 Å². The Labute approximate surface area is 159 Å². The van der Waals surface area contributed by atoms with Crippen LogP contribution >= 0.6 is 0 Å². The quantitative estimate of drug-likeness (QED) is 0.611. The minimum Gasteiger partial charge on any atom is -0.507 e. The van der Waals surface area contributed by atoms with Crippen LogP contribution in [0.25, 0.3) is 16.8 Å². The lowest BCUT2D eigenvalue weighted by Crippen LogP contribution is -2.38. The predicted molar refractivity (Wildman–Crippen MR) is 106 cm³/mol. The number of nitrogens with two attached hydrogens (primary N) is 1. The summed E-state index contributed by atoms with van der Waals surface area (Å²) < 4.78 is 0. The highest BCUT2D eigenvalue weighted by Crippen LogP contribution is 2.33. The molecule has 1 unspecified atom stereocenters. The fraction of sp³-hybridized carbons (Fsp3) is 0.381. The van der Waals surface area contributed by atoms with E-state index in [4.69, 9.17) is 11.1 Å². The van der Waals surface area contributed by atoms with E-state index in [-0.39, 0.29) is 5.75 Å². The molecule has 5 N–H and O–H groups in total. The molecule has 0 aliphatic carbocycles. The van der Waals surface area contributed by atoms with Crippen molar-refractivity contribution in [2.24, 2.45) is 11.7 Å². The number of piperidine rings is 1. The molecule has 140 valence electrons. The normalized spacial score (nSPS) is 24.7. The maximum absolute atomic E-state index is 10.4. The second kappa shape index (κ2) is 7.48. The van der Waals surface area contributed by atoms with Crippen molar-refractivity contribution in [3.05, 3.63) is 47.8 Å². The Bertz CT molecular complexity index is 849. The fourth-order valence-corrected chi connectivity index (χ4v) is 4.41. The number of nitrogens with one attached hydrogen (secondary N) is 2. The summed E-state index contributed by atoms with van der Waals surface area (Å²) in [5.74, 6) is 0.782. The number of rotatable bonds is 5. The minimum absolute atomic E-state index is 0.102. The number of hydrogen-bond donors (Lipinski definition) is 4. The zero-order valence-electron chi connectivity index (χ0n) is 15.2. The number of allylic oxidation sites excluding steroid dienone is 1. The van der Waals surface area contributed by atoms with E-state index >= 15 is 0 Å². The first-order valence-corrected chi connectivity index (χ1v) is 9.51. The van der Waals surface area contributed by atoms with Gasteiger partial charge in [-0.15, -0.1) is 0 Å². The van der Waals surface area contributed by atoms with Crippen LogP contribution < -0.4 is 11.1 Å². The fourth-order valence-electron chi connectivity index (χ4n) is 4.41. The third-order valence-electron chi connectivity index (χ3n) is 5.73. The van der Waals surface area contributed by atoms with Crippen LogP contribution in [0.5, 0.6) is 5.75 Å². The number of fused-ring (bicyclic) bond motifs is 2. The van der Waals surface area contributed by atoms with Crippen LogP contribution in [0.15, 0.2) is 36.5 Å². The van der Waals surface area contributed by atoms with Gasteiger partial charge in [-0.3, -0.25) is 0 Å². The van der Waals surface area contributed by atoms with Crippen LogP contribution in [0.1, 0.15) is 36.9 Å². The number of phenolic OH excluding ortho intramolecular Hbond substituents is 1. The molecular formula is C21H25N5O. The average molecular weight is 363 g/mol. The maximum Gasteiger partial charge on any atom is 0.125 e. The van der Waals surface area contributed by atoms with Gasteiger partial charge in [0.15, 0.2) is 0 Å². The van der Waals surface area contributed by atoms with Gasteiger partial charge in [-0.25, -0.2) is 0 Å². The average Bonchev–Trinajstić information content (AvgIpc) is 3.02. The third-order valence-corrected chi connectivity index (χ3v) is 5.73. The van der Waals surface area contributed by atoms with Crippen LogP contribution in [0.3, 0.4) is 0 Å². The molecular weight excluding hydrogens is 338 g/mol. The highest BCUT2D eigenvalue weighted by atomic mass is 16.3. The van der Waals surface area contributed by atoms with Crippen molar-refractivity contribution in [2.75, 3.05) is 0 Å². The Morgan fingerprint density at radius 2 is 1.96 bits per heavy atom. The molecule has 0 spiro atoms. The molecule has 3 atom stereocenters. The lowest BCUT2D eigenvalue weighted by molar-refractivity contribution is 0.296. The Hall–Kier alpha value is -2.73. The molecule has 0 saturated carbocycles. The van der Waals surface area contributed by atoms with Crippen LogP contribution in [-0.2, 0) is 6.42 Å². The molecule has 1 aromatic heterocycles. The highest BCUT2D eigenvalue weighted by molar-refractivity contribution is 6.08. The predicted octanol–water partition coefficient (Wildman–Crippen LogP) is 2.87. The van der Waals surface area contributed by atoms with Gasteiger partial charge in [-0.2, -0.15) is 10.2 Å². The first-order valence-electron chi connectivity index (χ1n) is 9.51. The van der Waals surface area contributed by atoms with E-state index in [2.05, 4.69) is 15.5 Å². The third kappa shape index (κ3) is 3.71. The molecule has 2 bridgehead atoms. The second-order valence-electron chi connectivity index (χ2n) is 7.59. The molecule has 2 fully saturated rings. The number of aromatic nitrogens is 2. The molecule has 0 amide bonds. The van der Waals surface area contributed by atoms with Crippen molar-refractivity contribution in [3.63, 3.8) is 0 Å². The molecule has 0 radical (unpaired) electrons. The van der Waals surface area contributed by atoms with Crippen molar-refractivity contribution in [2.45, 2.75) is 44.2 Å². The second-order valence-corrected chi connectivity index (χ2v) is 7.59. The number of nitrogens with zero attached hydrogens (tertiary/aromatic N) is 2. The van der Waals surface area contributed by atoms with Crippen LogP contribution in [-0.4, -0.2) is 33.6 Å². The zero-order chi connectivity index (χ0) is 18.8. The van der Waals surface area contributed by atoms with E-state index in [0.717, 1.165) is 18.3 Å². The first-order chi connectivity index (χ1) is 13.2. The summed E-state index contributed by atoms with van der Waals surface area (Å²) in [5, 5.41) is 30.1. The number of phenols is 1. The van der Waals surface area contributed by atoms with E-state index in [9.17, 15) is 5.11 Å². The van der Waals surface area contributed by atoms with Gasteiger partial charge >= 0.3 is 0 Å². The Balaban J connectivity index is 1.48. The molecule has 2 aromatic rings. The number of hydrogen-bond acceptors (Lipinski definition) is 6. The monoisotopic (exact) mass is 363 g/mol. The highest BCUT2D eigenvalue weighted by Gasteiger charge is 2.33. The molecule has 6 nitrogen and oxygen atoms in total. The molecule has 2 aliphatic rings. The van der Waals surface area contributed by atoms with E-state index in [0.29, 0.717) is 40.4 Å². The molecule has 2 aliphatic heterocycles. The van der Waals surface area contributed by atoms with E-state index in [1.54, 1.807) is 12.1 Å². The Morgan fingerprint density at radius 3 is 2.56 bits per heavy atom. The summed E-state index contributed by atoms with van der Waals surface area (Å²) in [6, 6.07) is 10.5. The topological polar surface area (TPSA) is 108 Å². The van der Waals surface area contributed by atoms with E-state index in [1.807, 2.05) is 18.2 Å². The van der Waals surface area contributed by atoms with Gasteiger partial charge in [0.2, 0.25) is 0 Å². The largest absolute Gasteiger partial charge is 0.507 e. The number of aromatic hydroxyl groups is 1. The summed E-state index contributed by atoms with van der Waals surface area (Å²) in [4.78, 5) is 0. The van der Waals surface area contributed by atoms with Gasteiger partial charge in [0.05, 0.1) is 11.4 Å². The van der Waals surface area contributed by atoms with Gasteiger partial charge < -0.3 is 21.6 Å². The standard InChI is InChI=1S/C21H25N5O/c22-11-15(12-23)14-1-5-19(21(27)10-14)20-6-4-18(25-26-20)9-13-7-16-2-3-17(8-13)24-16/h1,4-6,10-13,16-17,22,24,27H,2-3,7-9,23H2/t13?,16-,17+. The van der Waals surface area contributed by atoms with Crippen molar-refractivity contribution in [1.82, 2.24) is 15.5 Å². The van der Waals surface area contributed by atoms with Crippen molar-refractivity contribution in [3.8, 4) is 17.0 Å². The molecule has 1 aromatic carbocycles. The van der Waals surface area contributed by atoms with E-state index < -0.39 is 0 Å². The minimum atomic E-state index is 0.102. The molecule has 3 heterocycles. The Morgan fingerprint density at radius 1 is 1.19 bits per heavy atom. The lowest BCUT2D eigenvalue weighted by atomic mass is 9.88. The summed E-state index contributed by atoms with van der Waals surface area (Å²) in [7, 11) is 0. The lowest BCUT2D eigenvalue weighted by Gasteiger charge is -2.28. The van der Waals surface area contributed by atoms with Crippen LogP contribution in [0.2, 0.25) is 0 Å². The van der Waals surface area contributed by atoms with Crippen molar-refractivity contribution >= 4 is 11.8 Å². The van der Waals surface area contributed by atoms with Crippen molar-refractivity contribution in [1.29, 1.82) is 5.41 Å².